The Labute approximate surface area is 139 Å². The summed E-state index contributed by atoms with van der Waals surface area (Å²) in [6.45, 7) is 2.65. The number of nitrogens with one attached hydrogen (secondary N) is 2. The number of pyridine rings is 1. The van der Waals surface area contributed by atoms with Crippen molar-refractivity contribution in [1.29, 1.82) is 0 Å². The van der Waals surface area contributed by atoms with Crippen molar-refractivity contribution in [2.45, 2.75) is 20.0 Å². The van der Waals surface area contributed by atoms with Gasteiger partial charge in [-0.1, -0.05) is 29.5 Å². The Kier molecular flexibility index (Phi) is 4.81. The Morgan fingerprint density at radius 2 is 1.88 bits per heavy atom. The number of aryl methyl sites for hydroxylation is 1. The van der Waals surface area contributed by atoms with Crippen molar-refractivity contribution in [2.24, 2.45) is 0 Å². The molecule has 0 bridgehead atoms. The van der Waals surface area contributed by atoms with E-state index in [4.69, 9.17) is 0 Å². The molecular formula is C17H18N6O. The van der Waals surface area contributed by atoms with Gasteiger partial charge in [-0.3, -0.25) is 4.98 Å². The highest BCUT2D eigenvalue weighted by molar-refractivity contribution is 5.73. The van der Waals surface area contributed by atoms with Gasteiger partial charge < -0.3 is 10.6 Å². The number of carbonyl (C=O) groups excluding carboxylic acids is 1. The zero-order valence-electron chi connectivity index (χ0n) is 13.3. The number of amides is 2. The van der Waals surface area contributed by atoms with Gasteiger partial charge in [0.2, 0.25) is 0 Å². The molecule has 0 atom stereocenters. The number of hydrogen-bond acceptors (Lipinski definition) is 4. The molecule has 1 aromatic carbocycles. The third kappa shape index (κ3) is 3.95. The second-order valence-electron chi connectivity index (χ2n) is 5.29. The van der Waals surface area contributed by atoms with Crippen LogP contribution in [-0.2, 0) is 13.1 Å². The molecule has 2 heterocycles. The lowest BCUT2D eigenvalue weighted by molar-refractivity contribution is 0.240. The van der Waals surface area contributed by atoms with Gasteiger partial charge in [0, 0.05) is 6.20 Å². The van der Waals surface area contributed by atoms with Crippen molar-refractivity contribution in [3.8, 4) is 5.69 Å². The SMILES string of the molecule is Cc1cccnc1CNC(=O)NCc1cn(-c2ccccc2)nn1. The fourth-order valence-electron chi connectivity index (χ4n) is 2.19. The molecule has 0 spiro atoms. The highest BCUT2D eigenvalue weighted by Crippen LogP contribution is 2.05. The Morgan fingerprint density at radius 1 is 1.08 bits per heavy atom. The summed E-state index contributed by atoms with van der Waals surface area (Å²) in [5.41, 5.74) is 3.50. The lowest BCUT2D eigenvalue weighted by Gasteiger charge is -2.07. The molecule has 0 fully saturated rings. The van der Waals surface area contributed by atoms with Crippen molar-refractivity contribution in [1.82, 2.24) is 30.6 Å². The molecule has 0 saturated heterocycles. The standard InChI is InChI=1S/C17H18N6O/c1-13-6-5-9-18-16(13)11-20-17(24)19-10-14-12-23(22-21-14)15-7-3-2-4-8-15/h2-9,12H,10-11H2,1H3,(H2,19,20,24). The minimum absolute atomic E-state index is 0.269. The molecule has 2 amide bonds. The maximum atomic E-state index is 11.9. The maximum absolute atomic E-state index is 11.9. The van der Waals surface area contributed by atoms with Gasteiger partial charge in [-0.2, -0.15) is 0 Å². The first-order valence-electron chi connectivity index (χ1n) is 7.61. The molecule has 0 unspecified atom stereocenters. The molecule has 2 aromatic heterocycles. The Morgan fingerprint density at radius 3 is 2.67 bits per heavy atom. The van der Waals surface area contributed by atoms with Gasteiger partial charge in [-0.25, -0.2) is 9.48 Å². The molecular weight excluding hydrogens is 304 g/mol. The van der Waals surface area contributed by atoms with Crippen LogP contribution in [0.4, 0.5) is 4.79 Å². The van der Waals surface area contributed by atoms with E-state index in [0.29, 0.717) is 18.8 Å². The zero-order valence-corrected chi connectivity index (χ0v) is 13.3. The predicted octanol–water partition coefficient (Wildman–Crippen LogP) is 1.97. The summed E-state index contributed by atoms with van der Waals surface area (Å²) >= 11 is 0. The molecule has 7 heteroatoms. The number of nitrogens with zero attached hydrogens (tertiary/aromatic N) is 4. The number of hydrogen-bond donors (Lipinski definition) is 2. The molecule has 24 heavy (non-hydrogen) atoms. The fourth-order valence-corrected chi connectivity index (χ4v) is 2.19. The zero-order chi connectivity index (χ0) is 16.8. The van der Waals surface area contributed by atoms with E-state index in [0.717, 1.165) is 16.9 Å². The normalized spacial score (nSPS) is 10.4. The van der Waals surface area contributed by atoms with Gasteiger partial charge in [0.25, 0.3) is 0 Å². The van der Waals surface area contributed by atoms with Crippen molar-refractivity contribution in [2.75, 3.05) is 0 Å². The Hall–Kier alpha value is -3.22. The largest absolute Gasteiger partial charge is 0.332 e. The molecule has 7 nitrogen and oxygen atoms in total. The van der Waals surface area contributed by atoms with E-state index < -0.39 is 0 Å². The Balaban J connectivity index is 1.50. The van der Waals surface area contributed by atoms with E-state index in [9.17, 15) is 4.79 Å². The van der Waals surface area contributed by atoms with Gasteiger partial charge in [-0.05, 0) is 30.7 Å². The first-order chi connectivity index (χ1) is 11.7. The van der Waals surface area contributed by atoms with Crippen molar-refractivity contribution in [3.05, 3.63) is 71.8 Å². The molecule has 0 saturated carbocycles. The second kappa shape index (κ2) is 7.36. The van der Waals surface area contributed by atoms with Gasteiger partial charge >= 0.3 is 6.03 Å². The monoisotopic (exact) mass is 322 g/mol. The molecule has 3 rings (SSSR count). The minimum atomic E-state index is -0.269. The summed E-state index contributed by atoms with van der Waals surface area (Å²) in [5.74, 6) is 0. The average Bonchev–Trinajstić information content (AvgIpc) is 3.09. The van der Waals surface area contributed by atoms with E-state index in [1.54, 1.807) is 17.1 Å². The van der Waals surface area contributed by atoms with Crippen LogP contribution in [-0.4, -0.2) is 26.0 Å². The topological polar surface area (TPSA) is 84.7 Å². The summed E-state index contributed by atoms with van der Waals surface area (Å²) < 4.78 is 1.67. The van der Waals surface area contributed by atoms with E-state index in [1.165, 1.54) is 0 Å². The number of rotatable bonds is 5. The summed E-state index contributed by atoms with van der Waals surface area (Å²) in [7, 11) is 0. The molecule has 122 valence electrons. The Bertz CT molecular complexity index is 815. The van der Waals surface area contributed by atoms with Crippen LogP contribution in [0, 0.1) is 6.92 Å². The molecule has 3 aromatic rings. The third-order valence-electron chi connectivity index (χ3n) is 3.53. The second-order valence-corrected chi connectivity index (χ2v) is 5.29. The molecule has 2 N–H and O–H groups in total. The van der Waals surface area contributed by atoms with Gasteiger partial charge in [0.05, 0.1) is 30.7 Å². The molecule has 0 radical (unpaired) electrons. The first kappa shape index (κ1) is 15.7. The molecule has 0 aliphatic rings. The number of aromatic nitrogens is 4. The van der Waals surface area contributed by atoms with Crippen LogP contribution in [0.2, 0.25) is 0 Å². The fraction of sp³-hybridized carbons (Fsp3) is 0.176. The summed E-state index contributed by atoms with van der Waals surface area (Å²) in [6, 6.07) is 13.2. The lowest BCUT2D eigenvalue weighted by atomic mass is 10.2. The van der Waals surface area contributed by atoms with Gasteiger partial charge in [0.1, 0.15) is 5.69 Å². The molecule has 0 aliphatic heterocycles. The van der Waals surface area contributed by atoms with Crippen molar-refractivity contribution >= 4 is 6.03 Å². The van der Waals surface area contributed by atoms with Crippen LogP contribution in [0.5, 0.6) is 0 Å². The minimum Gasteiger partial charge on any atom is -0.332 e. The van der Waals surface area contributed by atoms with Crippen LogP contribution < -0.4 is 10.6 Å². The first-order valence-corrected chi connectivity index (χ1v) is 7.61. The smallest absolute Gasteiger partial charge is 0.315 e. The van der Waals surface area contributed by atoms with Crippen LogP contribution in [0.3, 0.4) is 0 Å². The summed E-state index contributed by atoms with van der Waals surface area (Å²) in [5, 5.41) is 13.7. The van der Waals surface area contributed by atoms with E-state index in [2.05, 4.69) is 25.9 Å². The number of urea groups is 1. The summed E-state index contributed by atoms with van der Waals surface area (Å²) in [4.78, 5) is 16.1. The predicted molar refractivity (Wildman–Crippen MR) is 89.4 cm³/mol. The van der Waals surface area contributed by atoms with Crippen LogP contribution >= 0.6 is 0 Å². The van der Waals surface area contributed by atoms with Gasteiger partial charge in [-0.15, -0.1) is 5.10 Å². The van der Waals surface area contributed by atoms with Crippen molar-refractivity contribution in [3.63, 3.8) is 0 Å². The third-order valence-corrected chi connectivity index (χ3v) is 3.53. The van der Waals surface area contributed by atoms with E-state index >= 15 is 0 Å². The summed E-state index contributed by atoms with van der Waals surface area (Å²) in [6.07, 6.45) is 3.50. The van der Waals surface area contributed by atoms with Crippen LogP contribution in [0.25, 0.3) is 5.69 Å². The number of benzene rings is 1. The van der Waals surface area contributed by atoms with Crippen LogP contribution in [0.15, 0.2) is 54.9 Å². The number of carbonyl (C=O) groups is 1. The van der Waals surface area contributed by atoms with Crippen LogP contribution in [0.1, 0.15) is 17.0 Å². The average molecular weight is 322 g/mol. The highest BCUT2D eigenvalue weighted by Gasteiger charge is 2.06. The molecule has 0 aliphatic carbocycles. The lowest BCUT2D eigenvalue weighted by Crippen LogP contribution is -2.35. The van der Waals surface area contributed by atoms with Gasteiger partial charge in [0.15, 0.2) is 0 Å². The maximum Gasteiger partial charge on any atom is 0.315 e. The van der Waals surface area contributed by atoms with E-state index in [-0.39, 0.29) is 6.03 Å². The number of para-hydroxylation sites is 1. The quantitative estimate of drug-likeness (QED) is 0.752. The van der Waals surface area contributed by atoms with E-state index in [1.807, 2.05) is 49.4 Å². The van der Waals surface area contributed by atoms with Crippen molar-refractivity contribution < 1.29 is 4.79 Å². The highest BCUT2D eigenvalue weighted by atomic mass is 16.2.